The van der Waals surface area contributed by atoms with Crippen LogP contribution in [-0.2, 0) is 16.6 Å². The highest BCUT2D eigenvalue weighted by atomic mass is 19.1. The third-order valence-corrected chi connectivity index (χ3v) is 6.44. The first-order valence-electron chi connectivity index (χ1n) is 11.4. The van der Waals surface area contributed by atoms with Gasteiger partial charge in [0.2, 0.25) is 5.91 Å². The second kappa shape index (κ2) is 9.91. The van der Waals surface area contributed by atoms with Crippen LogP contribution in [0.15, 0.2) is 30.5 Å². The van der Waals surface area contributed by atoms with Crippen LogP contribution in [0.1, 0.15) is 35.3 Å². The van der Waals surface area contributed by atoms with Crippen LogP contribution in [0.25, 0.3) is 0 Å². The van der Waals surface area contributed by atoms with E-state index in [0.29, 0.717) is 56.4 Å². The summed E-state index contributed by atoms with van der Waals surface area (Å²) >= 11 is 0. The molecule has 0 saturated carbocycles. The van der Waals surface area contributed by atoms with Crippen molar-refractivity contribution in [3.05, 3.63) is 47.5 Å². The van der Waals surface area contributed by atoms with Crippen molar-refractivity contribution in [2.75, 3.05) is 46.0 Å². The van der Waals surface area contributed by atoms with Gasteiger partial charge in [-0.1, -0.05) is 0 Å². The van der Waals surface area contributed by atoms with E-state index >= 15 is 0 Å². The maximum absolute atomic E-state index is 13.3. The number of likely N-dealkylation sites (tertiary alicyclic amines) is 1. The van der Waals surface area contributed by atoms with Crippen LogP contribution in [0.4, 0.5) is 4.39 Å². The van der Waals surface area contributed by atoms with Crippen molar-refractivity contribution in [2.45, 2.75) is 26.2 Å². The van der Waals surface area contributed by atoms with Crippen molar-refractivity contribution in [3.8, 4) is 5.75 Å². The van der Waals surface area contributed by atoms with Crippen LogP contribution in [0.3, 0.4) is 0 Å². The maximum Gasteiger partial charge on any atom is 0.257 e. The van der Waals surface area contributed by atoms with Crippen molar-refractivity contribution in [1.29, 1.82) is 0 Å². The minimum absolute atomic E-state index is 0.0489. The number of aryl methyl sites for hydroxylation is 2. The zero-order valence-electron chi connectivity index (χ0n) is 19.3. The maximum atomic E-state index is 13.3. The van der Waals surface area contributed by atoms with E-state index in [1.165, 1.54) is 12.1 Å². The number of benzene rings is 1. The molecule has 33 heavy (non-hydrogen) atoms. The second-order valence-corrected chi connectivity index (χ2v) is 9.04. The van der Waals surface area contributed by atoms with Crippen LogP contribution < -0.4 is 4.74 Å². The molecule has 0 bridgehead atoms. The molecule has 2 fully saturated rings. The van der Waals surface area contributed by atoms with E-state index in [-0.39, 0.29) is 30.7 Å². The number of rotatable bonds is 6. The molecule has 8 nitrogen and oxygen atoms in total. The van der Waals surface area contributed by atoms with Gasteiger partial charge in [-0.15, -0.1) is 0 Å². The largest absolute Gasteiger partial charge is 0.493 e. The molecule has 1 aromatic heterocycles. The minimum Gasteiger partial charge on any atom is -0.493 e. The molecule has 0 spiro atoms. The highest BCUT2D eigenvalue weighted by Crippen LogP contribution is 2.36. The van der Waals surface area contributed by atoms with E-state index < -0.39 is 5.41 Å². The lowest BCUT2D eigenvalue weighted by Crippen LogP contribution is -2.52. The average molecular weight is 459 g/mol. The van der Waals surface area contributed by atoms with Crippen LogP contribution in [0.2, 0.25) is 0 Å². The predicted octanol–water partition coefficient (Wildman–Crippen LogP) is 2.42. The fourth-order valence-corrected chi connectivity index (χ4v) is 4.69. The fourth-order valence-electron chi connectivity index (χ4n) is 4.69. The third kappa shape index (κ3) is 5.52. The second-order valence-electron chi connectivity index (χ2n) is 9.04. The molecule has 3 heterocycles. The first-order chi connectivity index (χ1) is 15.8. The molecule has 0 N–H and O–H groups in total. The Labute approximate surface area is 193 Å². The normalized spacial score (nSPS) is 21.2. The third-order valence-electron chi connectivity index (χ3n) is 6.44. The number of halogens is 1. The molecule has 4 rings (SSSR count). The van der Waals surface area contributed by atoms with Gasteiger partial charge < -0.3 is 19.3 Å². The van der Waals surface area contributed by atoms with E-state index in [1.54, 1.807) is 30.1 Å². The summed E-state index contributed by atoms with van der Waals surface area (Å²) < 4.78 is 26.4. The number of hydrogen-bond acceptors (Lipinski definition) is 5. The predicted molar refractivity (Wildman–Crippen MR) is 119 cm³/mol. The number of aromatic nitrogens is 2. The van der Waals surface area contributed by atoms with Gasteiger partial charge in [0.05, 0.1) is 31.1 Å². The van der Waals surface area contributed by atoms with E-state index in [9.17, 15) is 14.0 Å². The smallest absolute Gasteiger partial charge is 0.257 e. The van der Waals surface area contributed by atoms with E-state index in [2.05, 4.69) is 5.10 Å². The number of hydrogen-bond donors (Lipinski definition) is 0. The molecule has 0 radical (unpaired) electrons. The van der Waals surface area contributed by atoms with Crippen LogP contribution >= 0.6 is 0 Å². The molecular weight excluding hydrogens is 427 g/mol. The van der Waals surface area contributed by atoms with Gasteiger partial charge in [0.15, 0.2) is 0 Å². The van der Waals surface area contributed by atoms with Gasteiger partial charge in [-0.3, -0.25) is 14.3 Å². The number of amides is 2. The summed E-state index contributed by atoms with van der Waals surface area (Å²) in [6.45, 7) is 5.35. The summed E-state index contributed by atoms with van der Waals surface area (Å²) in [4.78, 5) is 30.1. The van der Waals surface area contributed by atoms with E-state index in [4.69, 9.17) is 9.47 Å². The molecule has 2 aliphatic rings. The van der Waals surface area contributed by atoms with Gasteiger partial charge in [-0.2, -0.15) is 5.10 Å². The number of morpholine rings is 1. The Morgan fingerprint density at radius 2 is 1.88 bits per heavy atom. The Balaban J connectivity index is 1.53. The van der Waals surface area contributed by atoms with Crippen molar-refractivity contribution < 1.29 is 23.5 Å². The van der Waals surface area contributed by atoms with E-state index in [0.717, 1.165) is 12.8 Å². The lowest BCUT2D eigenvalue weighted by molar-refractivity contribution is -0.139. The summed E-state index contributed by atoms with van der Waals surface area (Å²) in [7, 11) is 1.79. The van der Waals surface area contributed by atoms with Crippen LogP contribution in [-0.4, -0.2) is 77.4 Å². The lowest BCUT2D eigenvalue weighted by atomic mass is 9.77. The van der Waals surface area contributed by atoms with Crippen molar-refractivity contribution >= 4 is 11.8 Å². The highest BCUT2D eigenvalue weighted by molar-refractivity contribution is 5.95. The molecule has 0 aliphatic carbocycles. The summed E-state index contributed by atoms with van der Waals surface area (Å²) in [5.74, 6) is 0.181. The zero-order valence-corrected chi connectivity index (χ0v) is 19.3. The Hall–Kier alpha value is -2.94. The Morgan fingerprint density at radius 3 is 2.55 bits per heavy atom. The standard InChI is InChI=1S/C24H31FN4O4/c1-18-21(15-27(2)26-18)23(31)29-9-3-8-24(16-29,14-22(30)28-10-12-32-13-11-28)17-33-20-6-4-19(25)5-7-20/h4-7,15H,3,8-14,16-17H2,1-2H3. The molecule has 9 heteroatoms. The molecule has 2 saturated heterocycles. The van der Waals surface area contributed by atoms with Crippen LogP contribution in [0.5, 0.6) is 5.75 Å². The number of piperidine rings is 1. The fraction of sp³-hybridized carbons (Fsp3) is 0.542. The Kier molecular flexibility index (Phi) is 6.97. The Bertz CT molecular complexity index is 987. The summed E-state index contributed by atoms with van der Waals surface area (Å²) in [5, 5.41) is 4.30. The molecule has 1 atom stereocenters. The number of nitrogens with zero attached hydrogens (tertiary/aromatic N) is 4. The number of carbonyl (C=O) groups is 2. The number of carbonyl (C=O) groups excluding carboxylic acids is 2. The molecule has 2 aromatic rings. The lowest BCUT2D eigenvalue weighted by Gasteiger charge is -2.43. The first-order valence-corrected chi connectivity index (χ1v) is 11.4. The van der Waals surface area contributed by atoms with Gasteiger partial charge in [-0.25, -0.2) is 4.39 Å². The molecule has 1 aromatic carbocycles. The van der Waals surface area contributed by atoms with Crippen LogP contribution in [0, 0.1) is 18.2 Å². The van der Waals surface area contributed by atoms with E-state index in [1.807, 2.05) is 16.7 Å². The Morgan fingerprint density at radius 1 is 1.15 bits per heavy atom. The molecule has 2 aliphatic heterocycles. The summed E-state index contributed by atoms with van der Waals surface area (Å²) in [6.07, 6.45) is 3.56. The van der Waals surface area contributed by atoms with Gasteiger partial charge in [0.1, 0.15) is 11.6 Å². The quantitative estimate of drug-likeness (QED) is 0.665. The average Bonchev–Trinajstić information content (AvgIpc) is 3.16. The van der Waals surface area contributed by atoms with Gasteiger partial charge >= 0.3 is 0 Å². The van der Waals surface area contributed by atoms with Crippen molar-refractivity contribution in [3.63, 3.8) is 0 Å². The summed E-state index contributed by atoms with van der Waals surface area (Å²) in [5.41, 5.74) is 0.728. The molecule has 2 amide bonds. The first kappa shape index (κ1) is 23.2. The minimum atomic E-state index is -0.534. The topological polar surface area (TPSA) is 76.9 Å². The monoisotopic (exact) mass is 458 g/mol. The van der Waals surface area contributed by atoms with Crippen molar-refractivity contribution in [2.24, 2.45) is 12.5 Å². The van der Waals surface area contributed by atoms with Crippen molar-refractivity contribution in [1.82, 2.24) is 19.6 Å². The summed E-state index contributed by atoms with van der Waals surface area (Å²) in [6, 6.07) is 5.86. The molecular formula is C24H31FN4O4. The highest BCUT2D eigenvalue weighted by Gasteiger charge is 2.41. The SMILES string of the molecule is Cc1nn(C)cc1C(=O)N1CCCC(COc2ccc(F)cc2)(CC(=O)N2CCOCC2)C1. The zero-order chi connectivity index (χ0) is 23.4. The van der Waals surface area contributed by atoms with Gasteiger partial charge in [-0.05, 0) is 44.0 Å². The number of ether oxygens (including phenoxy) is 2. The molecule has 178 valence electrons. The molecule has 1 unspecified atom stereocenters. The van der Waals surface area contributed by atoms with Gasteiger partial charge in [0.25, 0.3) is 5.91 Å². The van der Waals surface area contributed by atoms with Gasteiger partial charge in [0, 0.05) is 51.3 Å².